The number of amidine groups is 2. The molecule has 128 valence electrons. The second kappa shape index (κ2) is 6.59. The maximum atomic E-state index is 12.4. The number of aryl methyl sites for hydroxylation is 1. The molecule has 0 spiro atoms. The molecular formula is C19H20N4OS. The van der Waals surface area contributed by atoms with E-state index in [-0.39, 0.29) is 11.7 Å². The second-order valence-electron chi connectivity index (χ2n) is 6.71. The van der Waals surface area contributed by atoms with Gasteiger partial charge in [-0.3, -0.25) is 10.2 Å². The fourth-order valence-electron chi connectivity index (χ4n) is 3.45. The van der Waals surface area contributed by atoms with E-state index in [4.69, 9.17) is 5.41 Å². The Morgan fingerprint density at radius 3 is 2.84 bits per heavy atom. The number of fused-ring (bicyclic) bond motifs is 1. The molecule has 2 heterocycles. The molecule has 1 amide bonds. The van der Waals surface area contributed by atoms with Crippen molar-refractivity contribution in [3.63, 3.8) is 0 Å². The molecule has 1 aromatic carbocycles. The van der Waals surface area contributed by atoms with Crippen LogP contribution >= 0.6 is 11.8 Å². The number of amides is 1. The van der Waals surface area contributed by atoms with Crippen LogP contribution in [0.3, 0.4) is 0 Å². The summed E-state index contributed by atoms with van der Waals surface area (Å²) in [4.78, 5) is 16.6. The Balaban J connectivity index is 1.63. The van der Waals surface area contributed by atoms with Crippen LogP contribution in [-0.4, -0.2) is 27.0 Å². The van der Waals surface area contributed by atoms with Crippen molar-refractivity contribution in [3.05, 3.63) is 41.0 Å². The molecule has 2 aliphatic heterocycles. The third-order valence-electron chi connectivity index (χ3n) is 4.78. The molecule has 5 nitrogen and oxygen atoms in total. The van der Waals surface area contributed by atoms with Crippen LogP contribution in [0.1, 0.15) is 43.2 Å². The lowest BCUT2D eigenvalue weighted by atomic mass is 9.90. The lowest BCUT2D eigenvalue weighted by Crippen LogP contribution is -2.35. The maximum absolute atomic E-state index is 12.4. The van der Waals surface area contributed by atoms with Gasteiger partial charge in [-0.05, 0) is 43.2 Å². The predicted molar refractivity (Wildman–Crippen MR) is 103 cm³/mol. The minimum Gasteiger partial charge on any atom is -0.282 e. The first-order chi connectivity index (χ1) is 12.1. The van der Waals surface area contributed by atoms with Crippen molar-refractivity contribution in [3.8, 4) is 0 Å². The normalized spacial score (nSPS) is 22.9. The summed E-state index contributed by atoms with van der Waals surface area (Å²) < 4.78 is 0. The molecule has 0 atom stereocenters. The van der Waals surface area contributed by atoms with Crippen molar-refractivity contribution in [2.45, 2.75) is 39.0 Å². The molecule has 1 aromatic rings. The standard InChI is InChI=1S/C19H20N4OS/c1-12-6-5-7-13(10-12)11-15-16(20)23-19(21-17(15)24)25-18(22-23)14-8-3-2-4-9-14/h5-7,10-11,14,20H,2-4,8-9H2,1H3/b15-11-,20-16?. The van der Waals surface area contributed by atoms with Gasteiger partial charge >= 0.3 is 0 Å². The van der Waals surface area contributed by atoms with E-state index in [1.807, 2.05) is 31.2 Å². The summed E-state index contributed by atoms with van der Waals surface area (Å²) in [5.41, 5.74) is 2.31. The summed E-state index contributed by atoms with van der Waals surface area (Å²) in [5.74, 6) is 0.208. The van der Waals surface area contributed by atoms with Crippen molar-refractivity contribution in [2.24, 2.45) is 16.0 Å². The number of nitrogens with zero attached hydrogens (tertiary/aromatic N) is 3. The van der Waals surface area contributed by atoms with Gasteiger partial charge in [0.15, 0.2) is 5.84 Å². The zero-order valence-corrected chi connectivity index (χ0v) is 15.0. The average Bonchev–Trinajstić information content (AvgIpc) is 3.04. The van der Waals surface area contributed by atoms with Crippen LogP contribution in [-0.2, 0) is 4.79 Å². The van der Waals surface area contributed by atoms with Crippen LogP contribution in [0.15, 0.2) is 39.9 Å². The number of hydrogen-bond donors (Lipinski definition) is 1. The first kappa shape index (κ1) is 16.3. The van der Waals surface area contributed by atoms with Crippen LogP contribution in [0, 0.1) is 18.3 Å². The highest BCUT2D eigenvalue weighted by molar-refractivity contribution is 8.27. The Morgan fingerprint density at radius 2 is 2.08 bits per heavy atom. The summed E-state index contributed by atoms with van der Waals surface area (Å²) >= 11 is 1.46. The fraction of sp³-hybridized carbons (Fsp3) is 0.368. The largest absolute Gasteiger partial charge is 0.283 e. The smallest absolute Gasteiger partial charge is 0.282 e. The molecule has 25 heavy (non-hydrogen) atoms. The van der Waals surface area contributed by atoms with Gasteiger partial charge < -0.3 is 0 Å². The molecule has 6 heteroatoms. The van der Waals surface area contributed by atoms with Gasteiger partial charge in [0.25, 0.3) is 5.91 Å². The van der Waals surface area contributed by atoms with Gasteiger partial charge in [-0.2, -0.15) is 15.1 Å². The predicted octanol–water partition coefficient (Wildman–Crippen LogP) is 4.19. The monoisotopic (exact) mass is 352 g/mol. The van der Waals surface area contributed by atoms with Crippen molar-refractivity contribution >= 4 is 39.8 Å². The summed E-state index contributed by atoms with van der Waals surface area (Å²) in [6.45, 7) is 2.00. The van der Waals surface area contributed by atoms with Crippen molar-refractivity contribution < 1.29 is 4.79 Å². The van der Waals surface area contributed by atoms with Gasteiger partial charge in [0, 0.05) is 5.92 Å². The molecule has 3 aliphatic rings. The van der Waals surface area contributed by atoms with E-state index in [1.54, 1.807) is 6.08 Å². The molecule has 1 aliphatic carbocycles. The average molecular weight is 352 g/mol. The first-order valence-corrected chi connectivity index (χ1v) is 9.50. The third-order valence-corrected chi connectivity index (χ3v) is 5.85. The molecule has 0 unspecified atom stereocenters. The van der Waals surface area contributed by atoms with E-state index < -0.39 is 0 Å². The number of nitrogens with one attached hydrogen (secondary N) is 1. The molecule has 0 aromatic heterocycles. The zero-order chi connectivity index (χ0) is 17.4. The minimum absolute atomic E-state index is 0.120. The topological polar surface area (TPSA) is 68.9 Å². The van der Waals surface area contributed by atoms with Crippen molar-refractivity contribution in [1.29, 1.82) is 5.41 Å². The lowest BCUT2D eigenvalue weighted by Gasteiger charge is -2.20. The van der Waals surface area contributed by atoms with Crippen molar-refractivity contribution in [1.82, 2.24) is 5.01 Å². The van der Waals surface area contributed by atoms with Gasteiger partial charge in [0.2, 0.25) is 5.17 Å². The minimum atomic E-state index is -0.356. The van der Waals surface area contributed by atoms with Gasteiger partial charge in [0.1, 0.15) is 5.04 Å². The molecule has 0 bridgehead atoms. The number of aliphatic imine (C=N–C) groups is 1. The molecular weight excluding hydrogens is 332 g/mol. The molecule has 1 fully saturated rings. The van der Waals surface area contributed by atoms with E-state index in [0.717, 1.165) is 29.0 Å². The van der Waals surface area contributed by atoms with E-state index >= 15 is 0 Å². The Kier molecular flexibility index (Phi) is 4.29. The van der Waals surface area contributed by atoms with Crippen LogP contribution in [0.25, 0.3) is 6.08 Å². The van der Waals surface area contributed by atoms with Crippen LogP contribution in [0.5, 0.6) is 0 Å². The fourth-order valence-corrected chi connectivity index (χ4v) is 4.51. The van der Waals surface area contributed by atoms with Crippen LogP contribution in [0.2, 0.25) is 0 Å². The quantitative estimate of drug-likeness (QED) is 0.811. The van der Waals surface area contributed by atoms with Crippen molar-refractivity contribution in [2.75, 3.05) is 0 Å². The van der Waals surface area contributed by atoms with E-state index in [9.17, 15) is 4.79 Å². The molecule has 0 saturated heterocycles. The number of rotatable bonds is 2. The van der Waals surface area contributed by atoms with Gasteiger partial charge in [0.05, 0.1) is 5.57 Å². The maximum Gasteiger partial charge on any atom is 0.283 e. The van der Waals surface area contributed by atoms with Crippen LogP contribution < -0.4 is 0 Å². The SMILES string of the molecule is Cc1cccc(/C=C2/C(=N)N3N=C(C4CCCCC4)SC3=NC2=O)c1. The van der Waals surface area contributed by atoms with Gasteiger partial charge in [-0.15, -0.1) is 0 Å². The molecule has 1 saturated carbocycles. The zero-order valence-electron chi connectivity index (χ0n) is 14.2. The number of hydrazone groups is 1. The summed E-state index contributed by atoms with van der Waals surface area (Å²) in [5, 5.41) is 16.1. The number of thioether (sulfide) groups is 1. The van der Waals surface area contributed by atoms with Crippen LogP contribution in [0.4, 0.5) is 0 Å². The van der Waals surface area contributed by atoms with Gasteiger partial charge in [-0.25, -0.2) is 0 Å². The highest BCUT2D eigenvalue weighted by atomic mass is 32.2. The number of carbonyl (C=O) groups is 1. The number of carbonyl (C=O) groups excluding carboxylic acids is 1. The molecule has 0 radical (unpaired) electrons. The summed E-state index contributed by atoms with van der Waals surface area (Å²) in [6.07, 6.45) is 7.76. The third kappa shape index (κ3) is 3.18. The van der Waals surface area contributed by atoms with Gasteiger partial charge in [-0.1, -0.05) is 49.1 Å². The van der Waals surface area contributed by atoms with E-state index in [1.165, 1.54) is 36.0 Å². The Bertz CT molecular complexity index is 834. The highest BCUT2D eigenvalue weighted by Gasteiger charge is 2.37. The van der Waals surface area contributed by atoms with E-state index in [0.29, 0.717) is 16.7 Å². The Hall–Kier alpha value is -2.21. The summed E-state index contributed by atoms with van der Waals surface area (Å²) in [6, 6.07) is 7.86. The Labute approximate surface area is 151 Å². The lowest BCUT2D eigenvalue weighted by molar-refractivity contribution is -0.114. The number of benzene rings is 1. The summed E-state index contributed by atoms with van der Waals surface area (Å²) in [7, 11) is 0. The highest BCUT2D eigenvalue weighted by Crippen LogP contribution is 2.36. The Morgan fingerprint density at radius 1 is 1.28 bits per heavy atom. The molecule has 4 rings (SSSR count). The molecule has 1 N–H and O–H groups in total. The van der Waals surface area contributed by atoms with E-state index in [2.05, 4.69) is 10.1 Å². The first-order valence-electron chi connectivity index (χ1n) is 8.68. The second-order valence-corrected chi connectivity index (χ2v) is 7.69. The number of hydrogen-bond acceptors (Lipinski definition) is 4.